The molecule has 0 radical (unpaired) electrons. The molecule has 0 saturated carbocycles. The minimum absolute atomic E-state index is 0.172. The van der Waals surface area contributed by atoms with Crippen molar-refractivity contribution >= 4 is 17.4 Å². The molecule has 3 rings (SSSR count). The fourth-order valence-corrected chi connectivity index (χ4v) is 3.37. The molecule has 0 aliphatic carbocycles. The highest BCUT2D eigenvalue weighted by Crippen LogP contribution is 2.28. The average molecular weight is 352 g/mol. The molecule has 1 fully saturated rings. The molecule has 2 amide bonds. The fraction of sp³-hybridized carbons (Fsp3) is 0.381. The smallest absolute Gasteiger partial charge is 0.319 e. The van der Waals surface area contributed by atoms with Crippen molar-refractivity contribution in [1.29, 1.82) is 0 Å². The van der Waals surface area contributed by atoms with Gasteiger partial charge in [-0.3, -0.25) is 0 Å². The first-order chi connectivity index (χ1) is 12.6. The third-order valence-corrected chi connectivity index (χ3v) is 4.54. The second kappa shape index (κ2) is 8.72. The van der Waals surface area contributed by atoms with Crippen LogP contribution in [-0.2, 0) is 13.1 Å². The van der Waals surface area contributed by atoms with E-state index in [4.69, 9.17) is 0 Å². The predicted octanol–water partition coefficient (Wildman–Crippen LogP) is 3.67. The van der Waals surface area contributed by atoms with E-state index in [1.54, 1.807) is 0 Å². The molecule has 2 N–H and O–H groups in total. The molecule has 1 saturated heterocycles. The number of carbonyl (C=O) groups is 1. The summed E-state index contributed by atoms with van der Waals surface area (Å²) in [5.74, 6) is 0. The van der Waals surface area contributed by atoms with Gasteiger partial charge in [-0.2, -0.15) is 0 Å². The number of hydrogen-bond donors (Lipinski definition) is 2. The first kappa shape index (κ1) is 18.3. The van der Waals surface area contributed by atoms with Gasteiger partial charge in [-0.15, -0.1) is 0 Å². The van der Waals surface area contributed by atoms with Crippen LogP contribution in [0.4, 0.5) is 16.2 Å². The summed E-state index contributed by atoms with van der Waals surface area (Å²) in [6.45, 7) is 3.51. The Labute approximate surface area is 156 Å². The van der Waals surface area contributed by atoms with E-state index in [-0.39, 0.29) is 6.03 Å². The molecule has 26 heavy (non-hydrogen) atoms. The first-order valence-corrected chi connectivity index (χ1v) is 9.23. The summed E-state index contributed by atoms with van der Waals surface area (Å²) < 4.78 is 0. The predicted molar refractivity (Wildman–Crippen MR) is 108 cm³/mol. The van der Waals surface area contributed by atoms with Crippen LogP contribution in [0.15, 0.2) is 48.5 Å². The second-order valence-electron chi connectivity index (χ2n) is 7.08. The summed E-state index contributed by atoms with van der Waals surface area (Å²) in [7, 11) is 4.10. The Kier molecular flexibility index (Phi) is 6.12. The van der Waals surface area contributed by atoms with Crippen LogP contribution >= 0.6 is 0 Å². The van der Waals surface area contributed by atoms with Crippen LogP contribution in [0.1, 0.15) is 24.0 Å². The van der Waals surface area contributed by atoms with E-state index in [2.05, 4.69) is 52.7 Å². The summed E-state index contributed by atoms with van der Waals surface area (Å²) in [6.07, 6.45) is 2.42. The molecule has 0 aromatic heterocycles. The molecule has 0 atom stereocenters. The third kappa shape index (κ3) is 4.99. The lowest BCUT2D eigenvalue weighted by atomic mass is 10.1. The van der Waals surface area contributed by atoms with E-state index in [1.807, 2.05) is 30.3 Å². The van der Waals surface area contributed by atoms with Crippen molar-refractivity contribution in [2.24, 2.45) is 0 Å². The number of rotatable bonds is 6. The van der Waals surface area contributed by atoms with Gasteiger partial charge in [-0.1, -0.05) is 36.4 Å². The molecule has 1 aliphatic rings. The van der Waals surface area contributed by atoms with E-state index in [1.165, 1.54) is 18.4 Å². The van der Waals surface area contributed by atoms with Gasteiger partial charge >= 0.3 is 6.03 Å². The van der Waals surface area contributed by atoms with Gasteiger partial charge in [0.2, 0.25) is 0 Å². The zero-order chi connectivity index (χ0) is 18.4. The molecular weight excluding hydrogens is 324 g/mol. The maximum atomic E-state index is 12.4. The highest BCUT2D eigenvalue weighted by atomic mass is 16.2. The third-order valence-electron chi connectivity index (χ3n) is 4.54. The van der Waals surface area contributed by atoms with Gasteiger partial charge in [0.1, 0.15) is 0 Å². The molecule has 1 aliphatic heterocycles. The molecule has 2 aromatic carbocycles. The Hall–Kier alpha value is -2.53. The number of hydrogen-bond acceptors (Lipinski definition) is 3. The highest BCUT2D eigenvalue weighted by Gasteiger charge is 2.16. The Morgan fingerprint density at radius 1 is 1.04 bits per heavy atom. The Bertz CT molecular complexity index is 738. The quantitative estimate of drug-likeness (QED) is 0.834. The van der Waals surface area contributed by atoms with Crippen LogP contribution in [0.3, 0.4) is 0 Å². The number of urea groups is 1. The van der Waals surface area contributed by atoms with Gasteiger partial charge in [0.25, 0.3) is 0 Å². The molecule has 0 bridgehead atoms. The number of nitrogens with zero attached hydrogens (tertiary/aromatic N) is 2. The van der Waals surface area contributed by atoms with Crippen LogP contribution in [0.2, 0.25) is 0 Å². The summed E-state index contributed by atoms with van der Waals surface area (Å²) in [4.78, 5) is 16.8. The van der Waals surface area contributed by atoms with Gasteiger partial charge in [0.15, 0.2) is 0 Å². The van der Waals surface area contributed by atoms with Crippen LogP contribution in [0.5, 0.6) is 0 Å². The zero-order valence-corrected chi connectivity index (χ0v) is 15.7. The molecule has 138 valence electrons. The van der Waals surface area contributed by atoms with Crippen LogP contribution in [0, 0.1) is 0 Å². The van der Waals surface area contributed by atoms with Crippen molar-refractivity contribution in [3.8, 4) is 0 Å². The van der Waals surface area contributed by atoms with E-state index in [0.29, 0.717) is 6.54 Å². The van der Waals surface area contributed by atoms with E-state index in [9.17, 15) is 4.79 Å². The zero-order valence-electron chi connectivity index (χ0n) is 15.7. The van der Waals surface area contributed by atoms with Gasteiger partial charge in [0.05, 0.1) is 11.4 Å². The maximum absolute atomic E-state index is 12.4. The first-order valence-electron chi connectivity index (χ1n) is 9.23. The average Bonchev–Trinajstić information content (AvgIpc) is 3.15. The molecule has 5 heteroatoms. The van der Waals surface area contributed by atoms with E-state index in [0.717, 1.165) is 36.6 Å². The molecule has 0 spiro atoms. The van der Waals surface area contributed by atoms with E-state index < -0.39 is 0 Å². The van der Waals surface area contributed by atoms with Gasteiger partial charge in [-0.05, 0) is 50.2 Å². The van der Waals surface area contributed by atoms with Crippen molar-refractivity contribution in [2.75, 3.05) is 37.4 Å². The number of anilines is 2. The molecule has 2 aromatic rings. The summed E-state index contributed by atoms with van der Waals surface area (Å²) in [5, 5.41) is 5.97. The van der Waals surface area contributed by atoms with Crippen LogP contribution in [-0.4, -0.2) is 38.1 Å². The summed E-state index contributed by atoms with van der Waals surface area (Å²) in [5.41, 5.74) is 4.32. The van der Waals surface area contributed by atoms with Crippen molar-refractivity contribution in [3.63, 3.8) is 0 Å². The summed E-state index contributed by atoms with van der Waals surface area (Å²) in [6, 6.07) is 16.2. The highest BCUT2D eigenvalue weighted by molar-refractivity contribution is 5.93. The topological polar surface area (TPSA) is 47.6 Å². The number of carbonyl (C=O) groups excluding carboxylic acids is 1. The minimum atomic E-state index is -0.172. The maximum Gasteiger partial charge on any atom is 0.319 e. The lowest BCUT2D eigenvalue weighted by Crippen LogP contribution is -2.29. The normalized spacial score (nSPS) is 13.9. The van der Waals surface area contributed by atoms with Crippen molar-refractivity contribution in [3.05, 3.63) is 59.7 Å². The molecule has 0 unspecified atom stereocenters. The summed E-state index contributed by atoms with van der Waals surface area (Å²) >= 11 is 0. The Morgan fingerprint density at radius 2 is 1.77 bits per heavy atom. The number of amides is 2. The molecular formula is C21H28N4O. The lowest BCUT2D eigenvalue weighted by molar-refractivity contribution is 0.251. The van der Waals surface area contributed by atoms with Gasteiger partial charge in [0, 0.05) is 26.2 Å². The number of benzene rings is 2. The Morgan fingerprint density at radius 3 is 2.54 bits per heavy atom. The van der Waals surface area contributed by atoms with Crippen LogP contribution < -0.4 is 15.5 Å². The van der Waals surface area contributed by atoms with Crippen molar-refractivity contribution in [1.82, 2.24) is 10.2 Å². The fourth-order valence-electron chi connectivity index (χ4n) is 3.37. The lowest BCUT2D eigenvalue weighted by Gasteiger charge is -2.21. The van der Waals surface area contributed by atoms with Gasteiger partial charge < -0.3 is 20.4 Å². The van der Waals surface area contributed by atoms with Crippen molar-refractivity contribution < 1.29 is 4.79 Å². The van der Waals surface area contributed by atoms with Crippen molar-refractivity contribution in [2.45, 2.75) is 25.9 Å². The monoisotopic (exact) mass is 352 g/mol. The standard InChI is InChI=1S/C21H28N4O/c1-24(2)16-18-9-7-8-17(14-18)15-22-21(26)23-19-10-3-4-11-20(19)25-12-5-6-13-25/h3-4,7-11,14H,5-6,12-13,15-16H2,1-2H3,(H2,22,23,26). The SMILES string of the molecule is CN(C)Cc1cccc(CNC(=O)Nc2ccccc2N2CCCC2)c1. The number of para-hydroxylation sites is 2. The Balaban J connectivity index is 1.58. The van der Waals surface area contributed by atoms with Crippen LogP contribution in [0.25, 0.3) is 0 Å². The molecule has 5 nitrogen and oxygen atoms in total. The molecule has 1 heterocycles. The van der Waals surface area contributed by atoms with E-state index >= 15 is 0 Å². The minimum Gasteiger partial charge on any atom is -0.370 e. The number of nitrogens with one attached hydrogen (secondary N) is 2. The second-order valence-corrected chi connectivity index (χ2v) is 7.08. The van der Waals surface area contributed by atoms with Gasteiger partial charge in [-0.25, -0.2) is 4.79 Å². The largest absolute Gasteiger partial charge is 0.370 e.